The Labute approximate surface area is 142 Å². The van der Waals surface area contributed by atoms with Gasteiger partial charge in [-0.05, 0) is 44.9 Å². The van der Waals surface area contributed by atoms with Crippen molar-refractivity contribution in [3.63, 3.8) is 0 Å². The second-order valence-corrected chi connectivity index (χ2v) is 7.04. The predicted octanol–water partition coefficient (Wildman–Crippen LogP) is 4.06. The van der Waals surface area contributed by atoms with Crippen LogP contribution in [0.1, 0.15) is 25.5 Å². The molecule has 4 nitrogen and oxygen atoms in total. The molecule has 0 N–H and O–H groups in total. The first-order valence-corrected chi connectivity index (χ1v) is 8.88. The number of ether oxygens (including phenoxy) is 2. The van der Waals surface area contributed by atoms with Crippen molar-refractivity contribution in [2.75, 3.05) is 21.3 Å². The summed E-state index contributed by atoms with van der Waals surface area (Å²) in [6.45, 7) is 3.20. The molecule has 1 aliphatic rings. The van der Waals surface area contributed by atoms with E-state index >= 15 is 0 Å². The number of hydrogen-bond acceptors (Lipinski definition) is 5. The van der Waals surface area contributed by atoms with Crippen molar-refractivity contribution in [1.82, 2.24) is 9.88 Å². The molecule has 1 heterocycles. The Morgan fingerprint density at radius 1 is 1.30 bits per heavy atom. The SMILES string of the molecule is COc1cccc(-c2nc(CN(C)[C@@H](C)C3CC3)cs2)c1OC. The van der Waals surface area contributed by atoms with Gasteiger partial charge in [0.05, 0.1) is 25.5 Å². The number of rotatable bonds is 7. The fourth-order valence-electron chi connectivity index (χ4n) is 2.90. The van der Waals surface area contributed by atoms with Crippen molar-refractivity contribution < 1.29 is 9.47 Å². The zero-order chi connectivity index (χ0) is 16.4. The zero-order valence-electron chi connectivity index (χ0n) is 14.2. The van der Waals surface area contributed by atoms with Gasteiger partial charge in [0.25, 0.3) is 0 Å². The molecule has 5 heteroatoms. The summed E-state index contributed by atoms with van der Waals surface area (Å²) in [5.41, 5.74) is 2.10. The molecule has 1 fully saturated rings. The van der Waals surface area contributed by atoms with Crippen molar-refractivity contribution in [3.05, 3.63) is 29.3 Å². The van der Waals surface area contributed by atoms with E-state index in [2.05, 4.69) is 24.3 Å². The summed E-state index contributed by atoms with van der Waals surface area (Å²) in [5, 5.41) is 3.12. The number of hydrogen-bond donors (Lipinski definition) is 0. The minimum Gasteiger partial charge on any atom is -0.493 e. The lowest BCUT2D eigenvalue weighted by molar-refractivity contribution is 0.224. The molecule has 3 rings (SSSR count). The maximum atomic E-state index is 5.52. The maximum Gasteiger partial charge on any atom is 0.170 e. The lowest BCUT2D eigenvalue weighted by Gasteiger charge is -2.23. The van der Waals surface area contributed by atoms with Gasteiger partial charge in [0, 0.05) is 18.0 Å². The minimum atomic E-state index is 0.631. The van der Waals surface area contributed by atoms with E-state index in [0.29, 0.717) is 6.04 Å². The van der Waals surface area contributed by atoms with Crippen LogP contribution in [-0.2, 0) is 6.54 Å². The van der Waals surface area contributed by atoms with Gasteiger partial charge >= 0.3 is 0 Å². The van der Waals surface area contributed by atoms with Gasteiger partial charge < -0.3 is 9.47 Å². The smallest absolute Gasteiger partial charge is 0.170 e. The van der Waals surface area contributed by atoms with Crippen molar-refractivity contribution in [2.45, 2.75) is 32.4 Å². The molecule has 1 aliphatic carbocycles. The van der Waals surface area contributed by atoms with Gasteiger partial charge in [-0.15, -0.1) is 11.3 Å². The van der Waals surface area contributed by atoms with E-state index in [-0.39, 0.29) is 0 Å². The molecule has 0 amide bonds. The molecule has 1 aromatic carbocycles. The van der Waals surface area contributed by atoms with Gasteiger partial charge in [0.1, 0.15) is 5.01 Å². The van der Waals surface area contributed by atoms with Gasteiger partial charge in [0.2, 0.25) is 0 Å². The Bertz CT molecular complexity index is 667. The zero-order valence-corrected chi connectivity index (χ0v) is 15.0. The lowest BCUT2D eigenvalue weighted by Crippen LogP contribution is -2.30. The Morgan fingerprint density at radius 3 is 2.74 bits per heavy atom. The number of aromatic nitrogens is 1. The van der Waals surface area contributed by atoms with Gasteiger partial charge in [-0.3, -0.25) is 4.90 Å². The topological polar surface area (TPSA) is 34.6 Å². The molecule has 0 aliphatic heterocycles. The largest absolute Gasteiger partial charge is 0.493 e. The van der Waals surface area contributed by atoms with Crippen LogP contribution < -0.4 is 9.47 Å². The normalized spacial score (nSPS) is 15.7. The van der Waals surface area contributed by atoms with E-state index in [9.17, 15) is 0 Å². The quantitative estimate of drug-likeness (QED) is 0.766. The van der Waals surface area contributed by atoms with Gasteiger partial charge in [0.15, 0.2) is 11.5 Å². The van der Waals surface area contributed by atoms with Crippen LogP contribution in [0.3, 0.4) is 0 Å². The van der Waals surface area contributed by atoms with E-state index < -0.39 is 0 Å². The van der Waals surface area contributed by atoms with Gasteiger partial charge in [-0.1, -0.05) is 6.07 Å². The van der Waals surface area contributed by atoms with Crippen LogP contribution in [0.4, 0.5) is 0 Å². The van der Waals surface area contributed by atoms with E-state index in [0.717, 1.165) is 40.2 Å². The minimum absolute atomic E-state index is 0.631. The summed E-state index contributed by atoms with van der Waals surface area (Å²) in [4.78, 5) is 7.21. The molecule has 124 valence electrons. The first-order chi connectivity index (χ1) is 11.1. The van der Waals surface area contributed by atoms with E-state index in [1.54, 1.807) is 25.6 Å². The van der Waals surface area contributed by atoms with Crippen LogP contribution in [0, 0.1) is 5.92 Å². The number of para-hydroxylation sites is 1. The third-order valence-corrected chi connectivity index (χ3v) is 5.52. The van der Waals surface area contributed by atoms with Crippen LogP contribution >= 0.6 is 11.3 Å². The van der Waals surface area contributed by atoms with E-state index in [1.165, 1.54) is 12.8 Å². The summed E-state index contributed by atoms with van der Waals surface area (Å²) >= 11 is 1.66. The van der Waals surface area contributed by atoms with E-state index in [4.69, 9.17) is 14.5 Å². The van der Waals surface area contributed by atoms with Crippen molar-refractivity contribution in [3.8, 4) is 22.1 Å². The Hall–Kier alpha value is -1.59. The molecule has 0 spiro atoms. The van der Waals surface area contributed by atoms with Crippen LogP contribution in [0.15, 0.2) is 23.6 Å². The van der Waals surface area contributed by atoms with Gasteiger partial charge in [-0.25, -0.2) is 4.98 Å². The molecule has 23 heavy (non-hydrogen) atoms. The fourth-order valence-corrected chi connectivity index (χ4v) is 3.73. The second kappa shape index (κ2) is 6.89. The summed E-state index contributed by atoms with van der Waals surface area (Å²) in [5.74, 6) is 2.36. The highest BCUT2D eigenvalue weighted by Crippen LogP contribution is 2.39. The third-order valence-electron chi connectivity index (χ3n) is 4.60. The first-order valence-electron chi connectivity index (χ1n) is 8.00. The van der Waals surface area contributed by atoms with Crippen LogP contribution in [0.2, 0.25) is 0 Å². The standard InChI is InChI=1S/C18H24N2O2S/c1-12(13-8-9-13)20(2)10-14-11-23-18(19-14)15-6-5-7-16(21-3)17(15)22-4/h5-7,11-13H,8-10H2,1-4H3/t12-/m0/s1. The number of thiazole rings is 1. The Morgan fingerprint density at radius 2 is 2.09 bits per heavy atom. The molecule has 1 aromatic heterocycles. The van der Waals surface area contributed by atoms with E-state index in [1.807, 2.05) is 18.2 Å². The van der Waals surface area contributed by atoms with Crippen molar-refractivity contribution in [1.29, 1.82) is 0 Å². The molecule has 1 saturated carbocycles. The monoisotopic (exact) mass is 332 g/mol. The number of methoxy groups -OCH3 is 2. The lowest BCUT2D eigenvalue weighted by atomic mass is 10.2. The average Bonchev–Trinajstić information content (AvgIpc) is 3.32. The maximum absolute atomic E-state index is 5.52. The highest BCUT2D eigenvalue weighted by atomic mass is 32.1. The molecular formula is C18H24N2O2S. The third kappa shape index (κ3) is 3.51. The summed E-state index contributed by atoms with van der Waals surface area (Å²) in [6.07, 6.45) is 2.74. The molecular weight excluding hydrogens is 308 g/mol. The van der Waals surface area contributed by atoms with Crippen LogP contribution in [0.5, 0.6) is 11.5 Å². The van der Waals surface area contributed by atoms with Crippen LogP contribution in [-0.4, -0.2) is 37.2 Å². The molecule has 1 atom stereocenters. The second-order valence-electron chi connectivity index (χ2n) is 6.18. The molecule has 0 bridgehead atoms. The first kappa shape index (κ1) is 16.3. The number of benzene rings is 1. The molecule has 0 radical (unpaired) electrons. The number of nitrogens with zero attached hydrogens (tertiary/aromatic N) is 2. The van der Waals surface area contributed by atoms with Crippen molar-refractivity contribution >= 4 is 11.3 Å². The van der Waals surface area contributed by atoms with Gasteiger partial charge in [-0.2, -0.15) is 0 Å². The average molecular weight is 332 g/mol. The molecule has 0 unspecified atom stereocenters. The Balaban J connectivity index is 1.79. The molecule has 2 aromatic rings. The predicted molar refractivity (Wildman–Crippen MR) is 94.3 cm³/mol. The molecule has 0 saturated heterocycles. The summed E-state index contributed by atoms with van der Waals surface area (Å²) in [7, 11) is 5.51. The Kier molecular flexibility index (Phi) is 4.87. The summed E-state index contributed by atoms with van der Waals surface area (Å²) in [6, 6.07) is 6.54. The highest BCUT2D eigenvalue weighted by Gasteiger charge is 2.30. The van der Waals surface area contributed by atoms with Crippen LogP contribution in [0.25, 0.3) is 10.6 Å². The highest BCUT2D eigenvalue weighted by molar-refractivity contribution is 7.13. The summed E-state index contributed by atoms with van der Waals surface area (Å²) < 4.78 is 10.9. The van der Waals surface area contributed by atoms with Crippen molar-refractivity contribution in [2.24, 2.45) is 5.92 Å². The fraction of sp³-hybridized carbons (Fsp3) is 0.500.